The number of esters is 1. The third kappa shape index (κ3) is 11.7. The van der Waals surface area contributed by atoms with Crippen LogP contribution in [0, 0.1) is 0 Å². The third-order valence-corrected chi connectivity index (χ3v) is 4.20. The van der Waals surface area contributed by atoms with Gasteiger partial charge in [0.1, 0.15) is 0 Å². The highest BCUT2D eigenvalue weighted by atomic mass is 127. The number of ether oxygens (including phenoxy) is 1. The van der Waals surface area contributed by atoms with Crippen molar-refractivity contribution in [3.63, 3.8) is 0 Å². The Labute approximate surface area is 191 Å². The fourth-order valence-corrected chi connectivity index (χ4v) is 2.62. The molecule has 0 saturated carbocycles. The zero-order chi connectivity index (χ0) is 20.8. The highest BCUT2D eigenvalue weighted by Gasteiger charge is 2.07. The molecule has 0 bridgehead atoms. The molecule has 7 nitrogen and oxygen atoms in total. The monoisotopic (exact) mass is 518 g/mol. The maximum atomic E-state index is 11.9. The van der Waals surface area contributed by atoms with Gasteiger partial charge in [-0.15, -0.1) is 24.0 Å². The second-order valence-electron chi connectivity index (χ2n) is 6.72. The fraction of sp³-hybridized carbons (Fsp3) is 0.571. The second kappa shape index (κ2) is 16.0. The molecule has 1 amide bonds. The first-order chi connectivity index (χ1) is 13.5. The van der Waals surface area contributed by atoms with Crippen LogP contribution in [0.15, 0.2) is 29.3 Å². The lowest BCUT2D eigenvalue weighted by molar-refractivity contribution is -0.143. The number of amides is 1. The summed E-state index contributed by atoms with van der Waals surface area (Å²) in [5, 5.41) is 6.56. The fourth-order valence-electron chi connectivity index (χ4n) is 2.62. The number of hydrogen-bond donors (Lipinski definition) is 2. The quantitative estimate of drug-likeness (QED) is 0.155. The number of nitrogens with one attached hydrogen (secondary N) is 2. The summed E-state index contributed by atoms with van der Waals surface area (Å²) >= 11 is 0. The summed E-state index contributed by atoms with van der Waals surface area (Å²) in [6, 6.07) is 7.57. The van der Waals surface area contributed by atoms with Gasteiger partial charge in [-0.05, 0) is 37.5 Å². The van der Waals surface area contributed by atoms with Gasteiger partial charge >= 0.3 is 5.97 Å². The number of rotatable bonds is 11. The molecule has 0 aliphatic carbocycles. The smallest absolute Gasteiger partial charge is 0.305 e. The molecule has 0 aliphatic rings. The lowest BCUT2D eigenvalue weighted by atomic mass is 10.1. The van der Waals surface area contributed by atoms with Gasteiger partial charge in [0.15, 0.2) is 5.96 Å². The van der Waals surface area contributed by atoms with Crippen LogP contribution in [0.1, 0.15) is 54.9 Å². The Morgan fingerprint density at radius 2 is 1.69 bits per heavy atom. The molecular weight excluding hydrogens is 483 g/mol. The number of aliphatic imine (C=N–C) groups is 1. The standard InChI is InChI=1S/C21H34N4O3.HI/c1-5-28-19(26)10-8-6-7-9-15-23-21(22-2)24-16-17-11-13-18(14-12-17)20(27)25(3)4;/h11-14H,5-10,15-16H2,1-4H3,(H2,22,23,24);1H. The first-order valence-corrected chi connectivity index (χ1v) is 9.88. The topological polar surface area (TPSA) is 83.0 Å². The lowest BCUT2D eigenvalue weighted by Crippen LogP contribution is -2.37. The SMILES string of the molecule is CCOC(=O)CCCCCCNC(=NC)NCc1ccc(C(=O)N(C)C)cc1.I. The number of hydrogen-bond acceptors (Lipinski definition) is 4. The van der Waals surface area contributed by atoms with E-state index in [9.17, 15) is 9.59 Å². The van der Waals surface area contributed by atoms with Gasteiger partial charge in [-0.3, -0.25) is 14.6 Å². The van der Waals surface area contributed by atoms with Crippen LogP contribution < -0.4 is 10.6 Å². The van der Waals surface area contributed by atoms with E-state index >= 15 is 0 Å². The van der Waals surface area contributed by atoms with E-state index in [0.29, 0.717) is 25.1 Å². The predicted octanol–water partition coefficient (Wildman–Crippen LogP) is 3.19. The molecule has 0 unspecified atom stereocenters. The van der Waals surface area contributed by atoms with Crippen LogP contribution in [-0.4, -0.2) is 57.0 Å². The molecular formula is C21H35IN4O3. The largest absolute Gasteiger partial charge is 0.466 e. The molecule has 1 aromatic carbocycles. The van der Waals surface area contributed by atoms with Gasteiger partial charge in [0.05, 0.1) is 6.61 Å². The molecule has 0 aromatic heterocycles. The normalized spacial score (nSPS) is 10.7. The van der Waals surface area contributed by atoms with Crippen molar-refractivity contribution in [2.24, 2.45) is 4.99 Å². The first kappa shape index (κ1) is 27.2. The van der Waals surface area contributed by atoms with Gasteiger partial charge in [-0.25, -0.2) is 0 Å². The Bertz CT molecular complexity index is 633. The summed E-state index contributed by atoms with van der Waals surface area (Å²) in [5.41, 5.74) is 1.76. The number of nitrogens with zero attached hydrogens (tertiary/aromatic N) is 2. The molecule has 1 aromatic rings. The van der Waals surface area contributed by atoms with E-state index in [0.717, 1.165) is 43.8 Å². The second-order valence-corrected chi connectivity index (χ2v) is 6.72. The van der Waals surface area contributed by atoms with Crippen LogP contribution in [0.25, 0.3) is 0 Å². The van der Waals surface area contributed by atoms with E-state index in [1.54, 1.807) is 26.0 Å². The molecule has 0 atom stereocenters. The van der Waals surface area contributed by atoms with Crippen LogP contribution in [0.4, 0.5) is 0 Å². The van der Waals surface area contributed by atoms with Crippen molar-refractivity contribution in [3.05, 3.63) is 35.4 Å². The van der Waals surface area contributed by atoms with Gasteiger partial charge < -0.3 is 20.3 Å². The summed E-state index contributed by atoms with van der Waals surface area (Å²) in [4.78, 5) is 28.9. The molecule has 0 fully saturated rings. The van der Waals surface area contributed by atoms with Crippen LogP contribution in [0.5, 0.6) is 0 Å². The minimum absolute atomic E-state index is 0. The van der Waals surface area contributed by atoms with Gasteiger partial charge in [-0.2, -0.15) is 0 Å². The summed E-state index contributed by atoms with van der Waals surface area (Å²) in [6.45, 7) is 3.74. The Kier molecular flexibility index (Phi) is 15.0. The van der Waals surface area contributed by atoms with Gasteiger partial charge in [0, 0.05) is 46.2 Å². The maximum absolute atomic E-state index is 11.9. The van der Waals surface area contributed by atoms with E-state index in [1.807, 2.05) is 31.2 Å². The molecule has 0 radical (unpaired) electrons. The zero-order valence-electron chi connectivity index (χ0n) is 18.0. The molecule has 1 rings (SSSR count). The van der Waals surface area contributed by atoms with Crippen molar-refractivity contribution in [3.8, 4) is 0 Å². The van der Waals surface area contributed by atoms with E-state index < -0.39 is 0 Å². The van der Waals surface area contributed by atoms with Crippen molar-refractivity contribution in [1.29, 1.82) is 0 Å². The zero-order valence-corrected chi connectivity index (χ0v) is 20.3. The molecule has 0 spiro atoms. The van der Waals surface area contributed by atoms with Gasteiger partial charge in [0.2, 0.25) is 0 Å². The molecule has 0 heterocycles. The summed E-state index contributed by atoms with van der Waals surface area (Å²) < 4.78 is 4.91. The van der Waals surface area contributed by atoms with Crippen molar-refractivity contribution >= 4 is 41.8 Å². The Morgan fingerprint density at radius 1 is 1.03 bits per heavy atom. The molecule has 29 heavy (non-hydrogen) atoms. The van der Waals surface area contributed by atoms with E-state index in [-0.39, 0.29) is 35.9 Å². The lowest BCUT2D eigenvalue weighted by Gasteiger charge is -2.13. The van der Waals surface area contributed by atoms with Crippen molar-refractivity contribution in [2.75, 3.05) is 34.3 Å². The van der Waals surface area contributed by atoms with E-state index in [1.165, 1.54) is 0 Å². The number of benzene rings is 1. The predicted molar refractivity (Wildman–Crippen MR) is 128 cm³/mol. The number of guanidine groups is 1. The van der Waals surface area contributed by atoms with E-state index in [2.05, 4.69) is 15.6 Å². The Hall–Kier alpha value is -1.84. The number of unbranched alkanes of at least 4 members (excludes halogenated alkanes) is 3. The minimum atomic E-state index is -0.107. The van der Waals surface area contributed by atoms with Crippen molar-refractivity contribution < 1.29 is 14.3 Å². The molecule has 0 aliphatic heterocycles. The molecule has 0 saturated heterocycles. The average Bonchev–Trinajstić information content (AvgIpc) is 2.69. The molecule has 164 valence electrons. The highest BCUT2D eigenvalue weighted by molar-refractivity contribution is 14.0. The number of carbonyl (C=O) groups excluding carboxylic acids is 2. The average molecular weight is 518 g/mol. The number of halogens is 1. The van der Waals surface area contributed by atoms with Gasteiger partial charge in [-0.1, -0.05) is 25.0 Å². The number of carbonyl (C=O) groups is 2. The molecule has 8 heteroatoms. The van der Waals surface area contributed by atoms with Crippen LogP contribution in [-0.2, 0) is 16.1 Å². The third-order valence-electron chi connectivity index (χ3n) is 4.20. The van der Waals surface area contributed by atoms with Crippen LogP contribution in [0.3, 0.4) is 0 Å². The minimum Gasteiger partial charge on any atom is -0.466 e. The van der Waals surface area contributed by atoms with Gasteiger partial charge in [0.25, 0.3) is 5.91 Å². The summed E-state index contributed by atoms with van der Waals surface area (Å²) in [5.74, 6) is 0.642. The Morgan fingerprint density at radius 3 is 2.28 bits per heavy atom. The summed E-state index contributed by atoms with van der Waals surface area (Å²) in [6.07, 6.45) is 4.47. The summed E-state index contributed by atoms with van der Waals surface area (Å²) in [7, 11) is 5.23. The van der Waals surface area contributed by atoms with Crippen LogP contribution in [0.2, 0.25) is 0 Å². The maximum Gasteiger partial charge on any atom is 0.305 e. The van der Waals surface area contributed by atoms with Crippen LogP contribution >= 0.6 is 24.0 Å². The van der Waals surface area contributed by atoms with Crippen molar-refractivity contribution in [1.82, 2.24) is 15.5 Å². The highest BCUT2D eigenvalue weighted by Crippen LogP contribution is 2.06. The van der Waals surface area contributed by atoms with E-state index in [4.69, 9.17) is 4.74 Å². The molecule has 2 N–H and O–H groups in total. The first-order valence-electron chi connectivity index (χ1n) is 9.88. The Balaban J connectivity index is 0.00000784. The van der Waals surface area contributed by atoms with Crippen molar-refractivity contribution in [2.45, 2.75) is 45.6 Å².